The van der Waals surface area contributed by atoms with Crippen LogP contribution in [0.15, 0.2) is 29.3 Å². The average molecular weight is 368 g/mol. The highest BCUT2D eigenvalue weighted by Gasteiger charge is 2.25. The maximum Gasteiger partial charge on any atom is 0.387 e. The number of nitrogens with zero attached hydrogens (tertiary/aromatic N) is 2. The Morgan fingerprint density at radius 1 is 1.38 bits per heavy atom. The Labute approximate surface area is 152 Å². The van der Waals surface area contributed by atoms with Gasteiger partial charge in [0.2, 0.25) is 5.91 Å². The molecule has 0 saturated carbocycles. The van der Waals surface area contributed by atoms with Gasteiger partial charge in [-0.3, -0.25) is 4.79 Å². The van der Waals surface area contributed by atoms with E-state index in [2.05, 4.69) is 20.4 Å². The Balaban J connectivity index is 2.00. The molecule has 1 aromatic rings. The minimum Gasteiger partial charge on any atom is -0.434 e. The van der Waals surface area contributed by atoms with Crippen LogP contribution in [0.25, 0.3) is 0 Å². The van der Waals surface area contributed by atoms with Crippen LogP contribution < -0.4 is 15.4 Å². The third-order valence-electron chi connectivity index (χ3n) is 4.12. The van der Waals surface area contributed by atoms with Gasteiger partial charge in [0, 0.05) is 37.7 Å². The van der Waals surface area contributed by atoms with E-state index in [0.29, 0.717) is 31.0 Å². The first-order valence-electron chi connectivity index (χ1n) is 8.88. The van der Waals surface area contributed by atoms with E-state index < -0.39 is 6.61 Å². The maximum absolute atomic E-state index is 12.5. The van der Waals surface area contributed by atoms with Crippen molar-refractivity contribution in [3.05, 3.63) is 29.8 Å². The summed E-state index contributed by atoms with van der Waals surface area (Å²) in [5.41, 5.74) is 0.583. The number of benzene rings is 1. The first-order valence-corrected chi connectivity index (χ1v) is 8.88. The van der Waals surface area contributed by atoms with Gasteiger partial charge < -0.3 is 20.3 Å². The van der Waals surface area contributed by atoms with E-state index in [-0.39, 0.29) is 24.2 Å². The van der Waals surface area contributed by atoms with Gasteiger partial charge in [0.1, 0.15) is 5.75 Å². The third kappa shape index (κ3) is 5.86. The van der Waals surface area contributed by atoms with Gasteiger partial charge in [0.25, 0.3) is 0 Å². The maximum atomic E-state index is 12.5. The van der Waals surface area contributed by atoms with E-state index in [9.17, 15) is 13.6 Å². The number of alkyl halides is 2. The van der Waals surface area contributed by atoms with E-state index in [1.54, 1.807) is 18.2 Å². The number of halogens is 2. The number of amides is 1. The number of hydrogen-bond acceptors (Lipinski definition) is 3. The van der Waals surface area contributed by atoms with Crippen molar-refractivity contribution in [2.45, 2.75) is 45.9 Å². The highest BCUT2D eigenvalue weighted by molar-refractivity contribution is 5.80. The predicted molar refractivity (Wildman–Crippen MR) is 96.3 cm³/mol. The number of aliphatic imine (C=N–C) groups is 1. The molecule has 6 nitrogen and oxygen atoms in total. The van der Waals surface area contributed by atoms with E-state index in [1.165, 1.54) is 6.07 Å². The molecule has 8 heteroatoms. The molecule has 1 aromatic carbocycles. The molecule has 1 saturated heterocycles. The molecule has 1 aliphatic rings. The summed E-state index contributed by atoms with van der Waals surface area (Å²) in [6, 6.07) is 6.74. The molecule has 0 radical (unpaired) electrons. The van der Waals surface area contributed by atoms with Gasteiger partial charge in [-0.15, -0.1) is 0 Å². The van der Waals surface area contributed by atoms with Gasteiger partial charge in [0.05, 0.1) is 6.54 Å². The fraction of sp³-hybridized carbons (Fsp3) is 0.556. The lowest BCUT2D eigenvalue weighted by atomic mass is 10.2. The first-order chi connectivity index (χ1) is 12.5. The highest BCUT2D eigenvalue weighted by Crippen LogP contribution is 2.21. The minimum atomic E-state index is -2.87. The molecule has 0 aliphatic carbocycles. The normalized spacial score (nSPS) is 17.5. The lowest BCUT2D eigenvalue weighted by Crippen LogP contribution is -2.45. The van der Waals surface area contributed by atoms with Crippen LogP contribution in [-0.2, 0) is 11.3 Å². The Kier molecular flexibility index (Phi) is 7.62. The van der Waals surface area contributed by atoms with Crippen molar-refractivity contribution in [3.63, 3.8) is 0 Å². The Bertz CT molecular complexity index is 625. The second kappa shape index (κ2) is 9.94. The zero-order valence-electron chi connectivity index (χ0n) is 15.2. The summed E-state index contributed by atoms with van der Waals surface area (Å²) in [6.07, 6.45) is 1.35. The van der Waals surface area contributed by atoms with Crippen LogP contribution in [0.2, 0.25) is 0 Å². The van der Waals surface area contributed by atoms with Gasteiger partial charge in [-0.2, -0.15) is 8.78 Å². The number of nitrogens with one attached hydrogen (secondary N) is 2. The van der Waals surface area contributed by atoms with Crippen molar-refractivity contribution >= 4 is 11.9 Å². The van der Waals surface area contributed by atoms with Gasteiger partial charge in [-0.1, -0.05) is 25.1 Å². The van der Waals surface area contributed by atoms with Gasteiger partial charge in [-0.25, -0.2) is 4.99 Å². The summed E-state index contributed by atoms with van der Waals surface area (Å²) in [4.78, 5) is 18.1. The van der Waals surface area contributed by atoms with Crippen LogP contribution >= 0.6 is 0 Å². The summed E-state index contributed by atoms with van der Waals surface area (Å²) < 4.78 is 29.5. The number of likely N-dealkylation sites (tertiary alicyclic amines) is 1. The molecule has 26 heavy (non-hydrogen) atoms. The topological polar surface area (TPSA) is 66.0 Å². The van der Waals surface area contributed by atoms with Crippen molar-refractivity contribution in [3.8, 4) is 5.75 Å². The molecule has 2 rings (SSSR count). The van der Waals surface area contributed by atoms with Crippen molar-refractivity contribution in [2.75, 3.05) is 19.6 Å². The SMILES string of the molecule is CCNC(=NCc1ccccc1OC(F)F)NC1CCN(C(=O)CC)C1. The molecular formula is C18H26F2N4O2. The van der Waals surface area contributed by atoms with Gasteiger partial charge in [-0.05, 0) is 19.4 Å². The molecule has 1 fully saturated rings. The lowest BCUT2D eigenvalue weighted by molar-refractivity contribution is -0.129. The molecule has 0 bridgehead atoms. The second-order valence-electron chi connectivity index (χ2n) is 6.00. The number of rotatable bonds is 7. The minimum absolute atomic E-state index is 0.121. The Morgan fingerprint density at radius 3 is 2.85 bits per heavy atom. The number of hydrogen-bond donors (Lipinski definition) is 2. The van der Waals surface area contributed by atoms with Gasteiger partial charge in [0.15, 0.2) is 5.96 Å². The zero-order valence-corrected chi connectivity index (χ0v) is 15.2. The number of carbonyl (C=O) groups is 1. The van der Waals surface area contributed by atoms with Crippen molar-refractivity contribution in [1.82, 2.24) is 15.5 Å². The summed E-state index contributed by atoms with van der Waals surface area (Å²) in [6.45, 7) is 3.19. The van der Waals surface area contributed by atoms with Gasteiger partial charge >= 0.3 is 6.61 Å². The molecular weight excluding hydrogens is 342 g/mol. The van der Waals surface area contributed by atoms with E-state index in [0.717, 1.165) is 13.0 Å². The number of para-hydroxylation sites is 1. The number of ether oxygens (including phenoxy) is 1. The summed E-state index contributed by atoms with van der Waals surface area (Å²) >= 11 is 0. The van der Waals surface area contributed by atoms with Crippen molar-refractivity contribution in [1.29, 1.82) is 0 Å². The molecule has 1 amide bonds. The van der Waals surface area contributed by atoms with Crippen LogP contribution in [0.4, 0.5) is 8.78 Å². The molecule has 1 aliphatic heterocycles. The van der Waals surface area contributed by atoms with Crippen LogP contribution in [0, 0.1) is 0 Å². The van der Waals surface area contributed by atoms with Crippen LogP contribution in [0.1, 0.15) is 32.3 Å². The average Bonchev–Trinajstić information content (AvgIpc) is 3.08. The molecule has 0 aromatic heterocycles. The molecule has 1 unspecified atom stereocenters. The smallest absolute Gasteiger partial charge is 0.387 e. The van der Waals surface area contributed by atoms with E-state index in [4.69, 9.17) is 0 Å². The molecule has 1 atom stereocenters. The third-order valence-corrected chi connectivity index (χ3v) is 4.12. The predicted octanol–water partition coefficient (Wildman–Crippen LogP) is 2.35. The highest BCUT2D eigenvalue weighted by atomic mass is 19.3. The molecule has 1 heterocycles. The fourth-order valence-corrected chi connectivity index (χ4v) is 2.85. The van der Waals surface area contributed by atoms with Crippen LogP contribution in [0.3, 0.4) is 0 Å². The fourth-order valence-electron chi connectivity index (χ4n) is 2.85. The monoisotopic (exact) mass is 368 g/mol. The van der Waals surface area contributed by atoms with Crippen molar-refractivity contribution in [2.24, 2.45) is 4.99 Å². The second-order valence-corrected chi connectivity index (χ2v) is 6.00. The quantitative estimate of drug-likeness (QED) is 0.573. The first kappa shape index (κ1) is 19.9. The number of guanidine groups is 1. The summed E-state index contributed by atoms with van der Waals surface area (Å²) in [5.74, 6) is 0.868. The largest absolute Gasteiger partial charge is 0.434 e. The molecule has 0 spiro atoms. The van der Waals surface area contributed by atoms with E-state index >= 15 is 0 Å². The van der Waals surface area contributed by atoms with E-state index in [1.807, 2.05) is 18.7 Å². The Hall–Kier alpha value is -2.38. The lowest BCUT2D eigenvalue weighted by Gasteiger charge is -2.19. The Morgan fingerprint density at radius 2 is 2.15 bits per heavy atom. The van der Waals surface area contributed by atoms with Crippen LogP contribution in [-0.4, -0.2) is 49.1 Å². The molecule has 2 N–H and O–H groups in total. The van der Waals surface area contributed by atoms with Crippen molar-refractivity contribution < 1.29 is 18.3 Å². The zero-order chi connectivity index (χ0) is 18.9. The summed E-state index contributed by atoms with van der Waals surface area (Å²) in [5, 5.41) is 6.46. The summed E-state index contributed by atoms with van der Waals surface area (Å²) in [7, 11) is 0. The number of carbonyl (C=O) groups excluding carboxylic acids is 1. The standard InChI is InChI=1S/C18H26F2N4O2/c1-3-16(25)24-10-9-14(12-24)23-18(21-4-2)22-11-13-7-5-6-8-15(13)26-17(19)20/h5-8,14,17H,3-4,9-12H2,1-2H3,(H2,21,22,23). The molecule has 144 valence electrons. The van der Waals surface area contributed by atoms with Crippen LogP contribution in [0.5, 0.6) is 5.75 Å².